The van der Waals surface area contributed by atoms with Gasteiger partial charge in [-0.1, -0.05) is 91.4 Å². The average Bonchev–Trinajstić information content (AvgIpc) is 2.42. The Bertz CT molecular complexity index is 229. The van der Waals surface area contributed by atoms with Crippen LogP contribution in [0.25, 0.3) is 0 Å². The molecular weight excluding hydrogens is 272 g/mol. The summed E-state index contributed by atoms with van der Waals surface area (Å²) in [6.45, 7) is 7.51. The van der Waals surface area contributed by atoms with Gasteiger partial charge in [0, 0.05) is 5.92 Å². The van der Waals surface area contributed by atoms with E-state index in [9.17, 15) is 5.21 Å². The van der Waals surface area contributed by atoms with Gasteiger partial charge in [0.25, 0.3) is 0 Å². The number of hydrogen-bond donors (Lipinski definition) is 1. The molecule has 0 aromatic heterocycles. The van der Waals surface area contributed by atoms with Crippen molar-refractivity contribution >= 4 is 0 Å². The fourth-order valence-electron chi connectivity index (χ4n) is 3.11. The summed E-state index contributed by atoms with van der Waals surface area (Å²) in [5.74, 6) is 6.12. The third-order valence-electron chi connectivity index (χ3n) is 4.31. The maximum Gasteiger partial charge on any atom is 0.0981 e. The van der Waals surface area contributed by atoms with Crippen LogP contribution in [0, 0.1) is 11.1 Å². The van der Waals surface area contributed by atoms with Gasteiger partial charge in [0.2, 0.25) is 0 Å². The molecule has 0 rings (SSSR count). The molecule has 0 saturated heterocycles. The van der Waals surface area contributed by atoms with Crippen LogP contribution in [-0.4, -0.2) is 17.8 Å². The number of hydrogen-bond acceptors (Lipinski definition) is 2. The van der Waals surface area contributed by atoms with Crippen LogP contribution in [0.1, 0.15) is 104 Å². The van der Waals surface area contributed by atoms with Crippen LogP contribution in [0.15, 0.2) is 0 Å². The zero-order valence-corrected chi connectivity index (χ0v) is 15.6. The van der Waals surface area contributed by atoms with Crippen LogP contribution in [0.2, 0.25) is 0 Å². The van der Waals surface area contributed by atoms with Gasteiger partial charge < -0.3 is 5.21 Å². The molecule has 0 heterocycles. The molecule has 0 aliphatic carbocycles. The predicted molar refractivity (Wildman–Crippen MR) is 98.1 cm³/mol. The highest BCUT2D eigenvalue weighted by Gasteiger charge is 2.12. The highest BCUT2D eigenvalue weighted by molar-refractivity contribution is 4.50. The Hall–Kier alpha value is -0.120. The summed E-state index contributed by atoms with van der Waals surface area (Å²) < 4.78 is -0.546. The number of hydroxylamine groups is 2. The smallest absolute Gasteiger partial charge is 0.0981 e. The summed E-state index contributed by atoms with van der Waals surface area (Å²) in [6.07, 6.45) is 17.3. The van der Waals surface area contributed by atoms with Crippen LogP contribution < -0.4 is 5.84 Å². The molecule has 0 spiro atoms. The quantitative estimate of drug-likeness (QED) is 0.166. The first-order chi connectivity index (χ1) is 10.5. The summed E-state index contributed by atoms with van der Waals surface area (Å²) in [6, 6.07) is 0. The van der Waals surface area contributed by atoms with Crippen molar-refractivity contribution in [3.63, 3.8) is 0 Å². The van der Waals surface area contributed by atoms with Gasteiger partial charge in [0.05, 0.1) is 13.1 Å². The van der Waals surface area contributed by atoms with Gasteiger partial charge in [-0.3, -0.25) is 4.76 Å². The maximum atomic E-state index is 11.9. The van der Waals surface area contributed by atoms with Crippen molar-refractivity contribution in [3.05, 3.63) is 5.21 Å². The van der Waals surface area contributed by atoms with Gasteiger partial charge in [0.15, 0.2) is 0 Å². The van der Waals surface area contributed by atoms with E-state index in [1.807, 2.05) is 0 Å². The third kappa shape index (κ3) is 16.3. The van der Waals surface area contributed by atoms with Crippen LogP contribution in [-0.2, 0) is 0 Å². The van der Waals surface area contributed by atoms with Crippen molar-refractivity contribution in [2.75, 3.05) is 13.1 Å². The van der Waals surface area contributed by atoms with E-state index in [2.05, 4.69) is 20.8 Å². The summed E-state index contributed by atoms with van der Waals surface area (Å²) in [5, 5.41) is 11.9. The first-order valence-corrected chi connectivity index (χ1v) is 9.84. The molecule has 0 saturated carbocycles. The van der Waals surface area contributed by atoms with E-state index < -0.39 is 4.76 Å². The van der Waals surface area contributed by atoms with E-state index >= 15 is 0 Å². The molecule has 22 heavy (non-hydrogen) atoms. The normalized spacial score (nSPS) is 14.5. The molecule has 0 amide bonds. The lowest BCUT2D eigenvalue weighted by molar-refractivity contribution is -0.895. The molecule has 0 fully saturated rings. The highest BCUT2D eigenvalue weighted by Crippen LogP contribution is 2.13. The first-order valence-electron chi connectivity index (χ1n) is 9.84. The molecule has 0 aromatic carbocycles. The second-order valence-corrected chi connectivity index (χ2v) is 7.50. The lowest BCUT2D eigenvalue weighted by Gasteiger charge is -2.38. The van der Waals surface area contributed by atoms with Crippen molar-refractivity contribution in [3.8, 4) is 0 Å². The largest absolute Gasteiger partial charge is 0.612 e. The van der Waals surface area contributed by atoms with Gasteiger partial charge in [-0.25, -0.2) is 0 Å². The van der Waals surface area contributed by atoms with Gasteiger partial charge in [-0.15, -0.1) is 0 Å². The van der Waals surface area contributed by atoms with Crippen molar-refractivity contribution in [1.82, 2.24) is 0 Å². The molecular formula is C19H42N2O. The number of nitrogens with two attached hydrogens (primary N) is 1. The van der Waals surface area contributed by atoms with E-state index in [4.69, 9.17) is 5.84 Å². The Balaban J connectivity index is 3.20. The number of rotatable bonds is 16. The molecule has 1 unspecified atom stereocenters. The van der Waals surface area contributed by atoms with Gasteiger partial charge in [0.1, 0.15) is 0 Å². The summed E-state index contributed by atoms with van der Waals surface area (Å²) in [7, 11) is 0. The minimum absolute atomic E-state index is 0.379. The molecule has 0 aliphatic rings. The minimum Gasteiger partial charge on any atom is -0.612 e. The zero-order chi connectivity index (χ0) is 16.7. The Kier molecular flexibility index (Phi) is 14.4. The zero-order valence-electron chi connectivity index (χ0n) is 15.6. The Morgan fingerprint density at radius 3 is 1.45 bits per heavy atom. The molecule has 0 aromatic rings. The summed E-state index contributed by atoms with van der Waals surface area (Å²) >= 11 is 0. The van der Waals surface area contributed by atoms with Gasteiger partial charge in [-0.05, 0) is 12.8 Å². The monoisotopic (exact) mass is 314 g/mol. The second-order valence-electron chi connectivity index (χ2n) is 7.50. The Labute approximate surface area is 139 Å². The van der Waals surface area contributed by atoms with Crippen molar-refractivity contribution in [2.45, 2.75) is 104 Å². The Morgan fingerprint density at radius 2 is 1.09 bits per heavy atom. The van der Waals surface area contributed by atoms with E-state index in [-0.39, 0.29) is 0 Å². The predicted octanol–water partition coefficient (Wildman–Crippen LogP) is 5.92. The lowest BCUT2D eigenvalue weighted by atomic mass is 10.0. The third-order valence-corrected chi connectivity index (χ3v) is 4.31. The summed E-state index contributed by atoms with van der Waals surface area (Å²) in [5.41, 5.74) is 0. The first kappa shape index (κ1) is 21.9. The number of nitrogens with zero attached hydrogens (tertiary/aromatic N) is 1. The number of unbranched alkanes of at least 4 members (excludes halogenated alkanes) is 12. The lowest BCUT2D eigenvalue weighted by Crippen LogP contribution is -2.51. The minimum atomic E-state index is -0.546. The number of quaternary nitrogens is 1. The fraction of sp³-hybridized carbons (Fsp3) is 1.00. The standard InChI is InChI=1S/C19H42N2O/c1-4-5-6-7-8-9-10-11-12-13-14-15-16-17-21(20,22)18-19(2)3/h19H,4-18,20H2,1-3H3. The van der Waals surface area contributed by atoms with E-state index in [1.54, 1.807) is 0 Å². The fourth-order valence-corrected chi connectivity index (χ4v) is 3.11. The highest BCUT2D eigenvalue weighted by atomic mass is 16.6. The van der Waals surface area contributed by atoms with Gasteiger partial charge in [-0.2, -0.15) is 5.84 Å². The summed E-state index contributed by atoms with van der Waals surface area (Å²) in [4.78, 5) is 0. The SMILES string of the molecule is CCCCCCCCCCCCCCC[N+](N)([O-])CC(C)C. The van der Waals surface area contributed by atoms with Crippen molar-refractivity contribution < 1.29 is 4.76 Å². The average molecular weight is 315 g/mol. The second kappa shape index (κ2) is 14.5. The van der Waals surface area contributed by atoms with Crippen LogP contribution in [0.5, 0.6) is 0 Å². The molecule has 3 nitrogen and oxygen atoms in total. The van der Waals surface area contributed by atoms with Crippen molar-refractivity contribution in [1.29, 1.82) is 0 Å². The molecule has 0 radical (unpaired) electrons. The molecule has 1 atom stereocenters. The van der Waals surface area contributed by atoms with Crippen molar-refractivity contribution in [2.24, 2.45) is 11.8 Å². The molecule has 0 bridgehead atoms. The van der Waals surface area contributed by atoms with E-state index in [0.29, 0.717) is 19.0 Å². The molecule has 2 N–H and O–H groups in total. The molecule has 3 heteroatoms. The topological polar surface area (TPSA) is 49.1 Å². The maximum absolute atomic E-state index is 11.9. The van der Waals surface area contributed by atoms with Crippen LogP contribution >= 0.6 is 0 Å². The van der Waals surface area contributed by atoms with Crippen LogP contribution in [0.3, 0.4) is 0 Å². The Morgan fingerprint density at radius 1 is 0.727 bits per heavy atom. The van der Waals surface area contributed by atoms with Crippen LogP contribution in [0.4, 0.5) is 0 Å². The van der Waals surface area contributed by atoms with Gasteiger partial charge >= 0.3 is 0 Å². The molecule has 0 aliphatic heterocycles. The molecule has 134 valence electrons. The van der Waals surface area contributed by atoms with E-state index in [1.165, 1.54) is 70.6 Å². The van der Waals surface area contributed by atoms with E-state index in [0.717, 1.165) is 12.8 Å².